The van der Waals surface area contributed by atoms with Crippen molar-refractivity contribution in [1.82, 2.24) is 9.97 Å². The van der Waals surface area contributed by atoms with Gasteiger partial charge in [-0.2, -0.15) is 0 Å². The summed E-state index contributed by atoms with van der Waals surface area (Å²) in [4.78, 5) is 11.4. The Hall–Kier alpha value is -1.94. The molecule has 0 saturated heterocycles. The van der Waals surface area contributed by atoms with Crippen LogP contribution in [-0.2, 0) is 6.42 Å². The summed E-state index contributed by atoms with van der Waals surface area (Å²) in [6.45, 7) is 5.10. The van der Waals surface area contributed by atoms with Crippen LogP contribution in [0.25, 0.3) is 10.2 Å². The van der Waals surface area contributed by atoms with E-state index >= 15 is 0 Å². The lowest BCUT2D eigenvalue weighted by Gasteiger charge is -2.04. The lowest BCUT2D eigenvalue weighted by molar-refractivity contribution is 0.991. The standard InChI is InChI=1S/C16H17N3S/c1-11-12(2)20-15-14(11)10-18-16(19-15)17-9-8-13-6-4-3-5-7-13/h3-7,10H,8-9H2,1-2H3,(H,17,18,19). The van der Waals surface area contributed by atoms with Crippen LogP contribution >= 0.6 is 11.3 Å². The number of aryl methyl sites for hydroxylation is 2. The van der Waals surface area contributed by atoms with Crippen LogP contribution in [0, 0.1) is 13.8 Å². The van der Waals surface area contributed by atoms with Crippen molar-refractivity contribution in [2.45, 2.75) is 20.3 Å². The zero-order valence-electron chi connectivity index (χ0n) is 11.7. The first-order valence-electron chi connectivity index (χ1n) is 6.74. The normalized spacial score (nSPS) is 10.9. The maximum atomic E-state index is 4.58. The summed E-state index contributed by atoms with van der Waals surface area (Å²) >= 11 is 1.73. The lowest BCUT2D eigenvalue weighted by atomic mass is 10.1. The van der Waals surface area contributed by atoms with Crippen LogP contribution in [0.3, 0.4) is 0 Å². The monoisotopic (exact) mass is 283 g/mol. The minimum Gasteiger partial charge on any atom is -0.354 e. The first-order chi connectivity index (χ1) is 9.74. The van der Waals surface area contributed by atoms with Gasteiger partial charge in [0.1, 0.15) is 4.83 Å². The maximum Gasteiger partial charge on any atom is 0.224 e. The number of thiophene rings is 1. The fourth-order valence-electron chi connectivity index (χ4n) is 2.16. The van der Waals surface area contributed by atoms with Gasteiger partial charge in [-0.3, -0.25) is 0 Å². The van der Waals surface area contributed by atoms with Gasteiger partial charge in [-0.05, 0) is 31.4 Å². The van der Waals surface area contributed by atoms with Crippen molar-refractivity contribution >= 4 is 27.5 Å². The van der Waals surface area contributed by atoms with Crippen LogP contribution in [0.4, 0.5) is 5.95 Å². The molecule has 0 bridgehead atoms. The molecule has 0 saturated carbocycles. The van der Waals surface area contributed by atoms with Gasteiger partial charge in [-0.25, -0.2) is 9.97 Å². The molecule has 0 radical (unpaired) electrons. The molecule has 20 heavy (non-hydrogen) atoms. The molecule has 0 aliphatic carbocycles. The summed E-state index contributed by atoms with van der Waals surface area (Å²) in [6, 6.07) is 10.4. The van der Waals surface area contributed by atoms with E-state index in [1.54, 1.807) is 11.3 Å². The Bertz CT molecular complexity index is 719. The van der Waals surface area contributed by atoms with Crippen LogP contribution in [0.15, 0.2) is 36.5 Å². The highest BCUT2D eigenvalue weighted by molar-refractivity contribution is 7.18. The fraction of sp³-hybridized carbons (Fsp3) is 0.250. The van der Waals surface area contributed by atoms with E-state index in [1.807, 2.05) is 12.3 Å². The molecular weight excluding hydrogens is 266 g/mol. The average molecular weight is 283 g/mol. The second-order valence-corrected chi connectivity index (χ2v) is 6.06. The number of rotatable bonds is 4. The third-order valence-corrected chi connectivity index (χ3v) is 4.59. The van der Waals surface area contributed by atoms with Crippen LogP contribution in [0.5, 0.6) is 0 Å². The quantitative estimate of drug-likeness (QED) is 0.787. The van der Waals surface area contributed by atoms with Gasteiger partial charge in [-0.1, -0.05) is 30.3 Å². The zero-order valence-corrected chi connectivity index (χ0v) is 12.5. The van der Waals surface area contributed by atoms with E-state index in [4.69, 9.17) is 0 Å². The summed E-state index contributed by atoms with van der Waals surface area (Å²) in [5.41, 5.74) is 2.62. The van der Waals surface area contributed by atoms with Crippen molar-refractivity contribution in [2.75, 3.05) is 11.9 Å². The van der Waals surface area contributed by atoms with Crippen molar-refractivity contribution in [3.63, 3.8) is 0 Å². The highest BCUT2D eigenvalue weighted by atomic mass is 32.1. The maximum absolute atomic E-state index is 4.58. The molecule has 0 unspecified atom stereocenters. The number of hydrogen-bond acceptors (Lipinski definition) is 4. The zero-order chi connectivity index (χ0) is 13.9. The van der Waals surface area contributed by atoms with E-state index in [0.717, 1.165) is 23.7 Å². The largest absolute Gasteiger partial charge is 0.354 e. The van der Waals surface area contributed by atoms with Gasteiger partial charge in [0.15, 0.2) is 0 Å². The van der Waals surface area contributed by atoms with E-state index < -0.39 is 0 Å². The summed E-state index contributed by atoms with van der Waals surface area (Å²) in [6.07, 6.45) is 2.90. The predicted molar refractivity (Wildman–Crippen MR) is 85.5 cm³/mol. The van der Waals surface area contributed by atoms with Gasteiger partial charge in [0.25, 0.3) is 0 Å². The molecule has 3 rings (SSSR count). The summed E-state index contributed by atoms with van der Waals surface area (Å²) in [5, 5.41) is 4.47. The van der Waals surface area contributed by atoms with E-state index in [2.05, 4.69) is 53.4 Å². The van der Waals surface area contributed by atoms with Gasteiger partial charge in [-0.15, -0.1) is 11.3 Å². The van der Waals surface area contributed by atoms with E-state index in [9.17, 15) is 0 Å². The Morgan fingerprint density at radius 3 is 2.75 bits per heavy atom. The molecular formula is C16H17N3S. The average Bonchev–Trinajstić information content (AvgIpc) is 2.75. The van der Waals surface area contributed by atoms with Gasteiger partial charge in [0, 0.05) is 23.0 Å². The molecule has 1 aromatic carbocycles. The lowest BCUT2D eigenvalue weighted by Crippen LogP contribution is -2.07. The Kier molecular flexibility index (Phi) is 3.65. The molecule has 0 fully saturated rings. The number of anilines is 1. The molecule has 2 heterocycles. The van der Waals surface area contributed by atoms with Crippen LogP contribution in [-0.4, -0.2) is 16.5 Å². The van der Waals surface area contributed by atoms with Gasteiger partial charge in [0.2, 0.25) is 5.95 Å². The Labute approximate surface area is 122 Å². The Balaban J connectivity index is 1.69. The molecule has 102 valence electrons. The second-order valence-electron chi connectivity index (χ2n) is 4.86. The van der Waals surface area contributed by atoms with Crippen molar-refractivity contribution in [3.8, 4) is 0 Å². The van der Waals surface area contributed by atoms with Crippen molar-refractivity contribution in [2.24, 2.45) is 0 Å². The highest BCUT2D eigenvalue weighted by Gasteiger charge is 2.07. The number of nitrogens with one attached hydrogen (secondary N) is 1. The van der Waals surface area contributed by atoms with E-state index in [1.165, 1.54) is 21.4 Å². The summed E-state index contributed by atoms with van der Waals surface area (Å²) in [5.74, 6) is 0.717. The van der Waals surface area contributed by atoms with Crippen molar-refractivity contribution in [3.05, 3.63) is 52.5 Å². The molecule has 0 aliphatic heterocycles. The first kappa shape index (κ1) is 13.1. The predicted octanol–water partition coefficient (Wildman–Crippen LogP) is 3.96. The van der Waals surface area contributed by atoms with E-state index in [-0.39, 0.29) is 0 Å². The molecule has 0 aliphatic rings. The smallest absolute Gasteiger partial charge is 0.224 e. The summed E-state index contributed by atoms with van der Waals surface area (Å²) < 4.78 is 0. The molecule has 0 spiro atoms. The van der Waals surface area contributed by atoms with Crippen LogP contribution < -0.4 is 5.32 Å². The Morgan fingerprint density at radius 2 is 1.95 bits per heavy atom. The number of hydrogen-bond donors (Lipinski definition) is 1. The molecule has 3 aromatic rings. The SMILES string of the molecule is Cc1sc2nc(NCCc3ccccc3)ncc2c1C. The molecule has 4 heteroatoms. The van der Waals surface area contributed by atoms with Gasteiger partial charge < -0.3 is 5.32 Å². The molecule has 1 N–H and O–H groups in total. The van der Waals surface area contributed by atoms with E-state index in [0.29, 0.717) is 0 Å². The number of nitrogens with zero attached hydrogens (tertiary/aromatic N) is 2. The van der Waals surface area contributed by atoms with Crippen LogP contribution in [0.1, 0.15) is 16.0 Å². The molecule has 0 atom stereocenters. The highest BCUT2D eigenvalue weighted by Crippen LogP contribution is 2.28. The minimum absolute atomic E-state index is 0.717. The fourth-order valence-corrected chi connectivity index (χ4v) is 3.16. The van der Waals surface area contributed by atoms with Crippen molar-refractivity contribution < 1.29 is 0 Å². The minimum atomic E-state index is 0.717. The second kappa shape index (κ2) is 5.59. The molecule has 3 nitrogen and oxygen atoms in total. The first-order valence-corrected chi connectivity index (χ1v) is 7.56. The topological polar surface area (TPSA) is 37.8 Å². The Morgan fingerprint density at radius 1 is 1.15 bits per heavy atom. The number of benzene rings is 1. The van der Waals surface area contributed by atoms with Gasteiger partial charge >= 0.3 is 0 Å². The van der Waals surface area contributed by atoms with Crippen molar-refractivity contribution in [1.29, 1.82) is 0 Å². The van der Waals surface area contributed by atoms with Crippen LogP contribution in [0.2, 0.25) is 0 Å². The summed E-state index contributed by atoms with van der Waals surface area (Å²) in [7, 11) is 0. The van der Waals surface area contributed by atoms with Gasteiger partial charge in [0.05, 0.1) is 0 Å². The molecule has 2 aromatic heterocycles. The number of aromatic nitrogens is 2. The number of fused-ring (bicyclic) bond motifs is 1. The molecule has 0 amide bonds. The third kappa shape index (κ3) is 2.65. The third-order valence-electron chi connectivity index (χ3n) is 3.48.